The van der Waals surface area contributed by atoms with Gasteiger partial charge in [0, 0.05) is 25.9 Å². The molecule has 0 unspecified atom stereocenters. The maximum atomic E-state index is 5.83. The molecule has 0 amide bonds. The van der Waals surface area contributed by atoms with Crippen LogP contribution in [0.15, 0.2) is 24.5 Å². The van der Waals surface area contributed by atoms with Crippen LogP contribution >= 0.6 is 0 Å². The summed E-state index contributed by atoms with van der Waals surface area (Å²) in [6.07, 6.45) is 4.71. The van der Waals surface area contributed by atoms with Crippen molar-refractivity contribution in [3.63, 3.8) is 0 Å². The molecule has 0 aliphatic rings. The lowest BCUT2D eigenvalue weighted by molar-refractivity contribution is 0.398. The first-order valence-electron chi connectivity index (χ1n) is 5.71. The van der Waals surface area contributed by atoms with Crippen molar-refractivity contribution < 1.29 is 4.74 Å². The van der Waals surface area contributed by atoms with Crippen molar-refractivity contribution in [3.05, 3.63) is 30.1 Å². The fourth-order valence-electron chi connectivity index (χ4n) is 1.63. The van der Waals surface area contributed by atoms with Crippen molar-refractivity contribution >= 4 is 11.5 Å². The molecule has 2 heterocycles. The lowest BCUT2D eigenvalue weighted by atomic mass is 10.2. The van der Waals surface area contributed by atoms with Crippen LogP contribution < -0.4 is 15.8 Å². The van der Waals surface area contributed by atoms with E-state index < -0.39 is 0 Å². The van der Waals surface area contributed by atoms with Gasteiger partial charge in [0.05, 0.1) is 19.0 Å². The fraction of sp³-hybridized carbons (Fsp3) is 0.333. The van der Waals surface area contributed by atoms with Crippen molar-refractivity contribution in [2.24, 2.45) is 7.05 Å². The number of nitrogens with zero attached hydrogens (tertiary/aromatic N) is 3. The molecule has 0 spiro atoms. The molecule has 0 bridgehead atoms. The van der Waals surface area contributed by atoms with E-state index in [4.69, 9.17) is 10.5 Å². The van der Waals surface area contributed by atoms with Crippen molar-refractivity contribution in [2.75, 3.05) is 24.7 Å². The van der Waals surface area contributed by atoms with E-state index in [0.29, 0.717) is 17.4 Å². The van der Waals surface area contributed by atoms with Crippen LogP contribution in [-0.4, -0.2) is 28.4 Å². The molecule has 0 aliphatic heterocycles. The second-order valence-corrected chi connectivity index (χ2v) is 3.99. The number of nitrogen functional groups attached to an aromatic ring is 1. The van der Waals surface area contributed by atoms with Crippen LogP contribution in [0.4, 0.5) is 11.5 Å². The van der Waals surface area contributed by atoms with Gasteiger partial charge in [0.1, 0.15) is 0 Å². The summed E-state index contributed by atoms with van der Waals surface area (Å²) < 4.78 is 6.84. The molecule has 2 rings (SSSR count). The molecule has 0 saturated heterocycles. The van der Waals surface area contributed by atoms with Crippen molar-refractivity contribution in [3.8, 4) is 5.88 Å². The van der Waals surface area contributed by atoms with Gasteiger partial charge in [-0.1, -0.05) is 0 Å². The molecule has 2 aromatic rings. The zero-order chi connectivity index (χ0) is 13.0. The highest BCUT2D eigenvalue weighted by molar-refractivity contribution is 5.61. The Kier molecular flexibility index (Phi) is 3.66. The summed E-state index contributed by atoms with van der Waals surface area (Å²) in [5, 5.41) is 7.31. The standard InChI is InChI=1S/C12H17N5O/c1-17-8-9(7-15-17)5-6-14-12-10(13)3-4-11(16-12)18-2/h3-4,7-8H,5-6,13H2,1-2H3,(H,14,16). The van der Waals surface area contributed by atoms with E-state index in [2.05, 4.69) is 15.4 Å². The molecule has 0 fully saturated rings. The number of pyridine rings is 1. The minimum Gasteiger partial charge on any atom is -0.481 e. The van der Waals surface area contributed by atoms with Crippen LogP contribution in [0.2, 0.25) is 0 Å². The van der Waals surface area contributed by atoms with Crippen LogP contribution in [0.3, 0.4) is 0 Å². The van der Waals surface area contributed by atoms with Crippen molar-refractivity contribution in [2.45, 2.75) is 6.42 Å². The van der Waals surface area contributed by atoms with E-state index in [1.807, 2.05) is 19.4 Å². The Bertz CT molecular complexity index is 523. The first-order chi connectivity index (χ1) is 8.69. The number of hydrogen-bond acceptors (Lipinski definition) is 5. The van der Waals surface area contributed by atoms with E-state index in [9.17, 15) is 0 Å². The predicted octanol–water partition coefficient (Wildman–Crippen LogP) is 1.06. The van der Waals surface area contributed by atoms with Gasteiger partial charge in [-0.25, -0.2) is 0 Å². The van der Waals surface area contributed by atoms with Crippen molar-refractivity contribution in [1.29, 1.82) is 0 Å². The van der Waals surface area contributed by atoms with E-state index in [1.54, 1.807) is 23.9 Å². The van der Waals surface area contributed by atoms with Gasteiger partial charge in [-0.15, -0.1) is 0 Å². The maximum Gasteiger partial charge on any atom is 0.215 e. The summed E-state index contributed by atoms with van der Waals surface area (Å²) in [4.78, 5) is 4.25. The Labute approximate surface area is 106 Å². The molecule has 0 atom stereocenters. The van der Waals surface area contributed by atoms with E-state index in [1.165, 1.54) is 5.56 Å². The van der Waals surface area contributed by atoms with Crippen LogP contribution in [-0.2, 0) is 13.5 Å². The number of ether oxygens (including phenoxy) is 1. The minimum atomic E-state index is 0.549. The zero-order valence-corrected chi connectivity index (χ0v) is 10.6. The molecule has 0 aliphatic carbocycles. The number of hydrogen-bond donors (Lipinski definition) is 2. The summed E-state index contributed by atoms with van der Waals surface area (Å²) in [5.74, 6) is 1.20. The third-order valence-corrected chi connectivity index (χ3v) is 2.57. The third-order valence-electron chi connectivity index (χ3n) is 2.57. The Morgan fingerprint density at radius 1 is 1.44 bits per heavy atom. The molecular formula is C12H17N5O. The molecular weight excluding hydrogens is 230 g/mol. The van der Waals surface area contributed by atoms with Gasteiger partial charge >= 0.3 is 0 Å². The fourth-order valence-corrected chi connectivity index (χ4v) is 1.63. The molecule has 96 valence electrons. The van der Waals surface area contributed by atoms with Gasteiger partial charge < -0.3 is 15.8 Å². The molecule has 18 heavy (non-hydrogen) atoms. The summed E-state index contributed by atoms with van der Waals surface area (Å²) >= 11 is 0. The molecule has 0 aromatic carbocycles. The van der Waals surface area contributed by atoms with Crippen LogP contribution in [0.5, 0.6) is 5.88 Å². The first kappa shape index (κ1) is 12.2. The summed E-state index contributed by atoms with van der Waals surface area (Å²) in [6, 6.07) is 3.51. The van der Waals surface area contributed by atoms with Crippen molar-refractivity contribution in [1.82, 2.24) is 14.8 Å². The molecule has 6 nitrogen and oxygen atoms in total. The lowest BCUT2D eigenvalue weighted by Crippen LogP contribution is -2.08. The smallest absolute Gasteiger partial charge is 0.215 e. The second-order valence-electron chi connectivity index (χ2n) is 3.99. The molecule has 3 N–H and O–H groups in total. The topological polar surface area (TPSA) is 78.0 Å². The molecule has 0 saturated carbocycles. The lowest BCUT2D eigenvalue weighted by Gasteiger charge is -2.08. The Morgan fingerprint density at radius 2 is 2.28 bits per heavy atom. The van der Waals surface area contributed by atoms with Crippen LogP contribution in [0.25, 0.3) is 0 Å². The summed E-state index contributed by atoms with van der Waals surface area (Å²) in [7, 11) is 3.48. The van der Waals surface area contributed by atoms with Crippen LogP contribution in [0.1, 0.15) is 5.56 Å². The number of methoxy groups -OCH3 is 1. The first-order valence-corrected chi connectivity index (χ1v) is 5.71. The van der Waals surface area contributed by atoms with E-state index in [0.717, 1.165) is 13.0 Å². The van der Waals surface area contributed by atoms with Crippen LogP contribution in [0, 0.1) is 0 Å². The number of nitrogens with two attached hydrogens (primary N) is 1. The minimum absolute atomic E-state index is 0.549. The average molecular weight is 247 g/mol. The maximum absolute atomic E-state index is 5.83. The molecule has 6 heteroatoms. The van der Waals surface area contributed by atoms with Gasteiger partial charge in [-0.3, -0.25) is 4.68 Å². The van der Waals surface area contributed by atoms with Gasteiger partial charge in [0.25, 0.3) is 0 Å². The molecule has 0 radical (unpaired) electrons. The second kappa shape index (κ2) is 5.39. The summed E-state index contributed by atoms with van der Waals surface area (Å²) in [6.45, 7) is 0.746. The van der Waals surface area contributed by atoms with Gasteiger partial charge in [0.2, 0.25) is 5.88 Å². The number of rotatable bonds is 5. The highest BCUT2D eigenvalue weighted by Crippen LogP contribution is 2.19. The van der Waals surface area contributed by atoms with Gasteiger partial charge in [-0.05, 0) is 18.1 Å². The van der Waals surface area contributed by atoms with Gasteiger partial charge in [-0.2, -0.15) is 10.1 Å². The SMILES string of the molecule is COc1ccc(N)c(NCCc2cnn(C)c2)n1. The number of anilines is 2. The number of aryl methyl sites for hydroxylation is 1. The normalized spacial score (nSPS) is 10.3. The molecule has 2 aromatic heterocycles. The Balaban J connectivity index is 1.93. The number of nitrogens with one attached hydrogen (secondary N) is 1. The Morgan fingerprint density at radius 3 is 2.94 bits per heavy atom. The van der Waals surface area contributed by atoms with Gasteiger partial charge in [0.15, 0.2) is 5.82 Å². The highest BCUT2D eigenvalue weighted by Gasteiger charge is 2.03. The highest BCUT2D eigenvalue weighted by atomic mass is 16.5. The number of aromatic nitrogens is 3. The zero-order valence-electron chi connectivity index (χ0n) is 10.6. The van der Waals surface area contributed by atoms with E-state index in [-0.39, 0.29) is 0 Å². The predicted molar refractivity (Wildman–Crippen MR) is 70.6 cm³/mol. The average Bonchev–Trinajstić information content (AvgIpc) is 2.77. The Hall–Kier alpha value is -2.24. The monoisotopic (exact) mass is 247 g/mol. The largest absolute Gasteiger partial charge is 0.481 e. The summed E-state index contributed by atoms with van der Waals surface area (Å²) in [5.41, 5.74) is 7.62. The van der Waals surface area contributed by atoms with E-state index >= 15 is 0 Å². The third kappa shape index (κ3) is 2.91. The quantitative estimate of drug-likeness (QED) is 0.826.